The number of halogens is 5. The molecule has 1 N–H and O–H groups in total. The summed E-state index contributed by atoms with van der Waals surface area (Å²) in [6.07, 6.45) is 14.3. The summed E-state index contributed by atoms with van der Waals surface area (Å²) in [6.45, 7) is 8.03. The number of ether oxygens (including phenoxy) is 1. The summed E-state index contributed by atoms with van der Waals surface area (Å²) in [5, 5.41) is 7.62. The van der Waals surface area contributed by atoms with E-state index in [1.807, 2.05) is 29.5 Å². The average Bonchev–Trinajstić information content (AvgIpc) is 3.88. The Balaban J connectivity index is 0.000000177. The van der Waals surface area contributed by atoms with Crippen LogP contribution in [0.1, 0.15) is 70.6 Å². The maximum atomic E-state index is 13.6. The van der Waals surface area contributed by atoms with Crippen molar-refractivity contribution in [3.05, 3.63) is 99.3 Å². The topological polar surface area (TPSA) is 110 Å². The van der Waals surface area contributed by atoms with Crippen LogP contribution in [0.3, 0.4) is 0 Å². The van der Waals surface area contributed by atoms with Gasteiger partial charge < -0.3 is 15.0 Å². The van der Waals surface area contributed by atoms with E-state index in [0.29, 0.717) is 16.3 Å². The fourth-order valence-electron chi connectivity index (χ4n) is 5.24. The van der Waals surface area contributed by atoms with Crippen LogP contribution in [0, 0.1) is 42.9 Å². The van der Waals surface area contributed by atoms with Gasteiger partial charge in [0.25, 0.3) is 5.91 Å². The SMILES string of the molecule is C1CCNCC1.Cc1ccncc1-c1nc(C(=O)N2CCCCC2)cs1.Cc1ccncc1-c1nc(C(=O)Oc2c(F)c(F)c(F)c(F)c2F)cs1. The number of piperidine rings is 2. The molecule has 9 nitrogen and oxygen atoms in total. The number of thiazole rings is 2. The zero-order chi connectivity index (χ0) is 37.2. The predicted molar refractivity (Wildman–Crippen MR) is 188 cm³/mol. The molecule has 0 spiro atoms. The van der Waals surface area contributed by atoms with Crippen LogP contribution >= 0.6 is 22.7 Å². The van der Waals surface area contributed by atoms with Gasteiger partial charge in [0.1, 0.15) is 15.7 Å². The highest BCUT2D eigenvalue weighted by molar-refractivity contribution is 7.13. The molecule has 274 valence electrons. The van der Waals surface area contributed by atoms with E-state index in [0.717, 1.165) is 59.0 Å². The monoisotopic (exact) mass is 758 g/mol. The van der Waals surface area contributed by atoms with E-state index in [9.17, 15) is 31.5 Å². The van der Waals surface area contributed by atoms with E-state index in [-0.39, 0.29) is 11.6 Å². The van der Waals surface area contributed by atoms with Crippen LogP contribution < -0.4 is 10.1 Å². The lowest BCUT2D eigenvalue weighted by atomic mass is 10.1. The molecule has 0 aliphatic carbocycles. The number of nitrogens with one attached hydrogen (secondary N) is 1. The Kier molecular flexibility index (Phi) is 13.5. The number of rotatable bonds is 5. The van der Waals surface area contributed by atoms with E-state index in [1.165, 1.54) is 61.7 Å². The fraction of sp³-hybridized carbons (Fsp3) is 0.333. The quantitative estimate of drug-likeness (QED) is 0.0627. The first-order valence-corrected chi connectivity index (χ1v) is 18.3. The minimum Gasteiger partial charge on any atom is -0.415 e. The molecule has 0 radical (unpaired) electrons. The van der Waals surface area contributed by atoms with Crippen molar-refractivity contribution in [2.45, 2.75) is 52.4 Å². The van der Waals surface area contributed by atoms with E-state index >= 15 is 0 Å². The van der Waals surface area contributed by atoms with E-state index in [4.69, 9.17) is 0 Å². The second-order valence-corrected chi connectivity index (χ2v) is 13.6. The molecule has 0 atom stereocenters. The van der Waals surface area contributed by atoms with Crippen LogP contribution in [-0.4, -0.2) is 62.9 Å². The lowest BCUT2D eigenvalue weighted by Gasteiger charge is -2.25. The number of amides is 1. The van der Waals surface area contributed by atoms with Crippen LogP contribution in [0.15, 0.2) is 47.7 Å². The van der Waals surface area contributed by atoms with E-state index < -0.39 is 40.8 Å². The molecule has 2 saturated heterocycles. The first-order chi connectivity index (χ1) is 25.1. The summed E-state index contributed by atoms with van der Waals surface area (Å²) in [7, 11) is 0. The van der Waals surface area contributed by atoms with Gasteiger partial charge in [-0.25, -0.2) is 27.9 Å². The fourth-order valence-corrected chi connectivity index (χ4v) is 6.98. The highest BCUT2D eigenvalue weighted by Crippen LogP contribution is 2.31. The molecule has 2 aliphatic heterocycles. The highest BCUT2D eigenvalue weighted by atomic mass is 32.1. The number of aromatic nitrogens is 4. The van der Waals surface area contributed by atoms with Crippen LogP contribution in [-0.2, 0) is 0 Å². The number of nitrogens with zero attached hydrogens (tertiary/aromatic N) is 5. The molecule has 1 amide bonds. The average molecular weight is 759 g/mol. The zero-order valence-corrected chi connectivity index (χ0v) is 30.0. The summed E-state index contributed by atoms with van der Waals surface area (Å²) < 4.78 is 70.8. The van der Waals surface area contributed by atoms with Crippen molar-refractivity contribution in [3.8, 4) is 26.9 Å². The lowest BCUT2D eigenvalue weighted by Crippen LogP contribution is -2.35. The van der Waals surface area contributed by atoms with Gasteiger partial charge in [0, 0.05) is 59.8 Å². The van der Waals surface area contributed by atoms with Gasteiger partial charge in [-0.3, -0.25) is 14.8 Å². The predicted octanol–water partition coefficient (Wildman–Crippen LogP) is 8.33. The molecule has 0 saturated carbocycles. The molecule has 6 heterocycles. The molecule has 7 rings (SSSR count). The van der Waals surface area contributed by atoms with E-state index in [2.05, 4.69) is 30.0 Å². The van der Waals surface area contributed by atoms with Crippen molar-refractivity contribution in [3.63, 3.8) is 0 Å². The van der Waals surface area contributed by atoms with Crippen molar-refractivity contribution in [1.29, 1.82) is 0 Å². The molecule has 4 aromatic heterocycles. The number of carbonyl (C=O) groups excluding carboxylic acids is 2. The Morgan fingerprint density at radius 1 is 0.692 bits per heavy atom. The Morgan fingerprint density at radius 2 is 1.17 bits per heavy atom. The Hall–Kier alpha value is -4.67. The molecule has 16 heteroatoms. The second-order valence-electron chi connectivity index (χ2n) is 11.9. The number of pyridine rings is 2. The summed E-state index contributed by atoms with van der Waals surface area (Å²) in [5.41, 5.74) is 3.79. The lowest BCUT2D eigenvalue weighted by molar-refractivity contribution is 0.0706. The summed E-state index contributed by atoms with van der Waals surface area (Å²) in [6, 6.07) is 3.67. The summed E-state index contributed by atoms with van der Waals surface area (Å²) in [4.78, 5) is 42.8. The minimum atomic E-state index is -2.34. The Labute approximate surface area is 305 Å². The van der Waals surface area contributed by atoms with Gasteiger partial charge in [-0.1, -0.05) is 6.42 Å². The molecule has 0 unspecified atom stereocenters. The second kappa shape index (κ2) is 18.2. The number of aryl methyl sites for hydroxylation is 2. The summed E-state index contributed by atoms with van der Waals surface area (Å²) in [5.74, 6) is -14.2. The molecule has 0 bridgehead atoms. The van der Waals surface area contributed by atoms with Gasteiger partial charge in [-0.15, -0.1) is 22.7 Å². The molecule has 52 heavy (non-hydrogen) atoms. The Morgan fingerprint density at radius 3 is 1.65 bits per heavy atom. The summed E-state index contributed by atoms with van der Waals surface area (Å²) >= 11 is 2.54. The van der Waals surface area contributed by atoms with Crippen LogP contribution in [0.4, 0.5) is 22.0 Å². The number of hydrogen-bond acceptors (Lipinski definition) is 10. The number of esters is 1. The van der Waals surface area contributed by atoms with Crippen LogP contribution in [0.2, 0.25) is 0 Å². The van der Waals surface area contributed by atoms with Crippen molar-refractivity contribution in [1.82, 2.24) is 30.2 Å². The minimum absolute atomic E-state index is 0.0637. The first kappa shape index (κ1) is 38.6. The maximum Gasteiger partial charge on any atom is 0.363 e. The molecular weight excluding hydrogens is 724 g/mol. The zero-order valence-electron chi connectivity index (χ0n) is 28.4. The third kappa shape index (κ3) is 9.40. The number of likely N-dealkylation sites (tertiary alicyclic amines) is 1. The van der Waals surface area contributed by atoms with Gasteiger partial charge in [0.15, 0.2) is 5.69 Å². The highest BCUT2D eigenvalue weighted by Gasteiger charge is 2.29. The number of carbonyl (C=O) groups is 2. The van der Waals surface area contributed by atoms with Crippen molar-refractivity contribution >= 4 is 34.6 Å². The standard InChI is InChI=1S/C16H7F5N2O2S.C15H17N3OS.C5H11N/c1-6-2-3-22-4-7(6)15-23-8(5-26-15)16(24)25-14-12(20)10(18)9(17)11(19)13(14)21;1-11-5-6-16-9-12(11)14-17-13(10-20-14)15(19)18-7-3-2-4-8-18;1-2-4-6-5-3-1/h2-5H,1H3;5-6,9-10H,2-4,7-8H2,1H3;6H,1-5H2. The molecule has 2 aliphatic rings. The Bertz CT molecular complexity index is 1970. The van der Waals surface area contributed by atoms with Gasteiger partial charge in [0.2, 0.25) is 34.8 Å². The number of hydrogen-bond donors (Lipinski definition) is 1. The normalized spacial score (nSPS) is 14.1. The van der Waals surface area contributed by atoms with Crippen molar-refractivity contribution in [2.24, 2.45) is 0 Å². The molecule has 1 aromatic carbocycles. The van der Waals surface area contributed by atoms with Crippen molar-refractivity contribution < 1.29 is 36.3 Å². The number of benzene rings is 1. The first-order valence-electron chi connectivity index (χ1n) is 16.5. The van der Waals surface area contributed by atoms with Gasteiger partial charge in [-0.2, -0.15) is 8.78 Å². The third-order valence-corrected chi connectivity index (χ3v) is 9.94. The van der Waals surface area contributed by atoms with Crippen LogP contribution in [0.5, 0.6) is 5.75 Å². The molecular formula is C36H35F5N6O3S2. The maximum absolute atomic E-state index is 13.6. The van der Waals surface area contributed by atoms with Gasteiger partial charge in [0.05, 0.1) is 0 Å². The van der Waals surface area contributed by atoms with Crippen LogP contribution in [0.25, 0.3) is 21.1 Å². The van der Waals surface area contributed by atoms with Gasteiger partial charge >= 0.3 is 5.97 Å². The smallest absolute Gasteiger partial charge is 0.363 e. The third-order valence-electron chi connectivity index (χ3n) is 8.19. The molecule has 5 aromatic rings. The molecule has 2 fully saturated rings. The largest absolute Gasteiger partial charge is 0.415 e. The van der Waals surface area contributed by atoms with Gasteiger partial charge in [-0.05, 0) is 82.3 Å². The van der Waals surface area contributed by atoms with Crippen molar-refractivity contribution in [2.75, 3.05) is 26.2 Å². The van der Waals surface area contributed by atoms with E-state index in [1.54, 1.807) is 25.4 Å².